The van der Waals surface area contributed by atoms with Gasteiger partial charge in [0.25, 0.3) is 0 Å². The van der Waals surface area contributed by atoms with Gasteiger partial charge in [-0.1, -0.05) is 24.6 Å². The molecule has 0 aromatic heterocycles. The van der Waals surface area contributed by atoms with E-state index in [9.17, 15) is 13.2 Å². The number of halogens is 4. The minimum atomic E-state index is -4.66. The van der Waals surface area contributed by atoms with Crippen molar-refractivity contribution < 1.29 is 17.9 Å². The van der Waals surface area contributed by atoms with Crippen LogP contribution in [0.5, 0.6) is 5.75 Å². The smallest absolute Gasteiger partial charge is 0.405 e. The summed E-state index contributed by atoms with van der Waals surface area (Å²) in [5, 5.41) is 0. The van der Waals surface area contributed by atoms with E-state index in [1.54, 1.807) is 18.2 Å². The van der Waals surface area contributed by atoms with Crippen LogP contribution in [0, 0.1) is 11.8 Å². The summed E-state index contributed by atoms with van der Waals surface area (Å²) >= 11 is 0. The average molecular weight is 351 g/mol. The van der Waals surface area contributed by atoms with Gasteiger partial charge < -0.3 is 10.5 Å². The highest BCUT2D eigenvalue weighted by Gasteiger charge is 2.39. The van der Waals surface area contributed by atoms with E-state index in [2.05, 4.69) is 9.64 Å². The van der Waals surface area contributed by atoms with Crippen molar-refractivity contribution in [2.75, 3.05) is 13.1 Å². The Balaban J connectivity index is 0.00000192. The van der Waals surface area contributed by atoms with Gasteiger partial charge in [-0.05, 0) is 30.7 Å². The first-order chi connectivity index (χ1) is 10.4. The predicted molar refractivity (Wildman–Crippen MR) is 84.5 cm³/mol. The summed E-state index contributed by atoms with van der Waals surface area (Å²) in [6.07, 6.45) is -1.26. The van der Waals surface area contributed by atoms with E-state index in [4.69, 9.17) is 5.73 Å². The topological polar surface area (TPSA) is 38.5 Å². The van der Waals surface area contributed by atoms with E-state index in [0.717, 1.165) is 25.9 Å². The number of benzene rings is 1. The van der Waals surface area contributed by atoms with Crippen molar-refractivity contribution in [2.45, 2.75) is 38.2 Å². The number of nitrogens with zero attached hydrogens (tertiary/aromatic N) is 1. The summed E-state index contributed by atoms with van der Waals surface area (Å²) in [7, 11) is 0. The molecule has 1 aromatic rings. The molecule has 23 heavy (non-hydrogen) atoms. The molecule has 130 valence electrons. The Bertz CT molecular complexity index is 526. The number of rotatable bonds is 3. The van der Waals surface area contributed by atoms with Crippen LogP contribution in [-0.2, 0) is 6.54 Å². The van der Waals surface area contributed by atoms with Gasteiger partial charge in [0.15, 0.2) is 0 Å². The molecule has 0 radical (unpaired) electrons. The van der Waals surface area contributed by atoms with Crippen molar-refractivity contribution in [1.29, 1.82) is 0 Å². The Morgan fingerprint density at radius 1 is 1.17 bits per heavy atom. The predicted octanol–water partition coefficient (Wildman–Crippen LogP) is 3.57. The van der Waals surface area contributed by atoms with Gasteiger partial charge in [-0.25, -0.2) is 0 Å². The highest BCUT2D eigenvalue weighted by molar-refractivity contribution is 5.85. The summed E-state index contributed by atoms with van der Waals surface area (Å²) in [6, 6.07) is 6.60. The van der Waals surface area contributed by atoms with Crippen molar-refractivity contribution in [3.8, 4) is 5.75 Å². The van der Waals surface area contributed by atoms with E-state index in [1.807, 2.05) is 0 Å². The molecule has 0 bridgehead atoms. The molecule has 1 saturated heterocycles. The van der Waals surface area contributed by atoms with Gasteiger partial charge in [0, 0.05) is 31.2 Å². The first-order valence-electron chi connectivity index (χ1n) is 7.74. The molecular weight excluding hydrogens is 329 g/mol. The van der Waals surface area contributed by atoms with Crippen molar-refractivity contribution in [3.05, 3.63) is 29.8 Å². The number of fused-ring (bicyclic) bond motifs is 1. The molecule has 2 aliphatic rings. The Morgan fingerprint density at radius 3 is 2.61 bits per heavy atom. The van der Waals surface area contributed by atoms with Gasteiger partial charge >= 0.3 is 6.36 Å². The van der Waals surface area contributed by atoms with Gasteiger partial charge in [0.1, 0.15) is 5.75 Å². The first-order valence-corrected chi connectivity index (χ1v) is 7.74. The highest BCUT2D eigenvalue weighted by atomic mass is 35.5. The highest BCUT2D eigenvalue weighted by Crippen LogP contribution is 2.37. The Labute approximate surface area is 140 Å². The zero-order chi connectivity index (χ0) is 15.7. The van der Waals surface area contributed by atoms with Crippen molar-refractivity contribution in [2.24, 2.45) is 17.6 Å². The summed E-state index contributed by atoms with van der Waals surface area (Å²) in [5.74, 6) is 0.957. The molecule has 1 aliphatic heterocycles. The molecule has 3 atom stereocenters. The van der Waals surface area contributed by atoms with Crippen LogP contribution in [-0.4, -0.2) is 30.4 Å². The fourth-order valence-corrected chi connectivity index (χ4v) is 3.84. The van der Waals surface area contributed by atoms with E-state index < -0.39 is 6.36 Å². The molecule has 1 aliphatic carbocycles. The van der Waals surface area contributed by atoms with Gasteiger partial charge in [-0.15, -0.1) is 25.6 Å². The molecule has 3 nitrogen and oxygen atoms in total. The molecule has 7 heteroatoms. The SMILES string of the molecule is Cl.NC1CCCC2CN(Cc3ccccc3OC(F)(F)F)CC12. The van der Waals surface area contributed by atoms with Gasteiger partial charge in [0.2, 0.25) is 0 Å². The summed E-state index contributed by atoms with van der Waals surface area (Å²) in [5.41, 5.74) is 6.76. The number of hydrogen-bond acceptors (Lipinski definition) is 3. The fourth-order valence-electron chi connectivity index (χ4n) is 3.84. The van der Waals surface area contributed by atoms with Crippen LogP contribution in [0.2, 0.25) is 0 Å². The zero-order valence-electron chi connectivity index (χ0n) is 12.8. The number of nitrogens with two attached hydrogens (primary N) is 1. The fraction of sp³-hybridized carbons (Fsp3) is 0.625. The Kier molecular flexibility index (Phi) is 5.81. The van der Waals surface area contributed by atoms with Crippen LogP contribution < -0.4 is 10.5 Å². The molecule has 0 amide bonds. The second kappa shape index (κ2) is 7.28. The van der Waals surface area contributed by atoms with Gasteiger partial charge in [-0.3, -0.25) is 4.90 Å². The number of hydrogen-bond donors (Lipinski definition) is 1. The minimum Gasteiger partial charge on any atom is -0.405 e. The summed E-state index contributed by atoms with van der Waals surface area (Å²) in [4.78, 5) is 2.21. The molecule has 0 spiro atoms. The lowest BCUT2D eigenvalue weighted by Gasteiger charge is -2.29. The van der Waals surface area contributed by atoms with Crippen LogP contribution in [0.15, 0.2) is 24.3 Å². The monoisotopic (exact) mass is 350 g/mol. The number of para-hydroxylation sites is 1. The Morgan fingerprint density at radius 2 is 1.91 bits per heavy atom. The van der Waals surface area contributed by atoms with Gasteiger partial charge in [-0.2, -0.15) is 0 Å². The second-order valence-corrected chi connectivity index (χ2v) is 6.37. The van der Waals surface area contributed by atoms with Crippen LogP contribution in [0.3, 0.4) is 0 Å². The van der Waals surface area contributed by atoms with Crippen LogP contribution in [0.4, 0.5) is 13.2 Å². The maximum Gasteiger partial charge on any atom is 0.573 e. The largest absolute Gasteiger partial charge is 0.573 e. The number of likely N-dealkylation sites (tertiary alicyclic amines) is 1. The van der Waals surface area contributed by atoms with E-state index >= 15 is 0 Å². The number of alkyl halides is 3. The molecule has 1 saturated carbocycles. The van der Waals surface area contributed by atoms with Crippen LogP contribution >= 0.6 is 12.4 Å². The third kappa shape index (κ3) is 4.52. The maximum absolute atomic E-state index is 12.5. The third-order valence-corrected chi connectivity index (χ3v) is 4.82. The Hall–Kier alpha value is -0.980. The minimum absolute atomic E-state index is 0. The van der Waals surface area contributed by atoms with E-state index in [1.165, 1.54) is 12.5 Å². The summed E-state index contributed by atoms with van der Waals surface area (Å²) < 4.78 is 41.6. The van der Waals surface area contributed by atoms with Gasteiger partial charge in [0.05, 0.1) is 0 Å². The normalized spacial score (nSPS) is 28.1. The lowest BCUT2D eigenvalue weighted by molar-refractivity contribution is -0.275. The molecular formula is C16H22ClF3N2O. The molecule has 2 N–H and O–H groups in total. The molecule has 3 rings (SSSR count). The van der Waals surface area contributed by atoms with E-state index in [0.29, 0.717) is 23.9 Å². The molecule has 1 aromatic carbocycles. The average Bonchev–Trinajstić information content (AvgIpc) is 2.83. The lowest BCUT2D eigenvalue weighted by Crippen LogP contribution is -2.38. The first kappa shape index (κ1) is 18.4. The third-order valence-electron chi connectivity index (χ3n) is 4.82. The quantitative estimate of drug-likeness (QED) is 0.905. The van der Waals surface area contributed by atoms with Crippen molar-refractivity contribution >= 4 is 12.4 Å². The standard InChI is InChI=1S/C16H21F3N2O.ClH/c17-16(18,19)22-15-7-2-1-4-12(15)9-21-8-11-5-3-6-14(20)13(11)10-21;/h1-2,4,7,11,13-14H,3,5-6,8-10,20H2;1H. The van der Waals surface area contributed by atoms with Crippen molar-refractivity contribution in [3.63, 3.8) is 0 Å². The lowest BCUT2D eigenvalue weighted by atomic mass is 9.78. The summed E-state index contributed by atoms with van der Waals surface area (Å²) in [6.45, 7) is 2.26. The second-order valence-electron chi connectivity index (χ2n) is 6.37. The van der Waals surface area contributed by atoms with Crippen LogP contribution in [0.1, 0.15) is 24.8 Å². The molecule has 3 unspecified atom stereocenters. The van der Waals surface area contributed by atoms with Crippen LogP contribution in [0.25, 0.3) is 0 Å². The number of ether oxygens (including phenoxy) is 1. The molecule has 1 heterocycles. The zero-order valence-corrected chi connectivity index (χ0v) is 13.6. The maximum atomic E-state index is 12.5. The van der Waals surface area contributed by atoms with Crippen molar-refractivity contribution in [1.82, 2.24) is 4.90 Å². The van der Waals surface area contributed by atoms with E-state index in [-0.39, 0.29) is 24.2 Å². The molecule has 2 fully saturated rings.